The molecule has 0 aliphatic heterocycles. The molecule has 2 heteroatoms. The molecule has 1 heterocycles. The average Bonchev–Trinajstić information content (AvgIpc) is 1.86. The van der Waals surface area contributed by atoms with E-state index in [0.717, 1.165) is 0 Å². The van der Waals surface area contributed by atoms with E-state index in [1.807, 2.05) is 0 Å². The van der Waals surface area contributed by atoms with Gasteiger partial charge in [0.15, 0.2) is 0 Å². The smallest absolute Gasteiger partial charge is 0.0824 e. The second-order valence-corrected chi connectivity index (χ2v) is 1.36. The molecule has 0 fully saturated rings. The second kappa shape index (κ2) is 1.35. The Morgan fingerprint density at radius 2 is 2.67 bits per heavy atom. The van der Waals surface area contributed by atoms with Crippen molar-refractivity contribution in [2.75, 3.05) is 0 Å². The van der Waals surface area contributed by atoms with Crippen molar-refractivity contribution in [3.63, 3.8) is 0 Å². The molecule has 1 aromatic rings. The van der Waals surface area contributed by atoms with Crippen LogP contribution in [0.5, 0.6) is 0 Å². The molecule has 31 valence electrons. The number of aromatic amines is 1. The second-order valence-electron chi connectivity index (χ2n) is 0.951. The SMILES string of the molecule is Clc1[c][nH]cc1. The zero-order valence-electron chi connectivity index (χ0n) is 3.03. The van der Waals surface area contributed by atoms with E-state index < -0.39 is 0 Å². The molecule has 0 aliphatic carbocycles. The average molecular weight is 101 g/mol. The molecule has 0 bridgehead atoms. The summed E-state index contributed by atoms with van der Waals surface area (Å²) in [5.74, 6) is 0. The Kier molecular flexibility index (Phi) is 0.843. The third-order valence-corrected chi connectivity index (χ3v) is 0.725. The van der Waals surface area contributed by atoms with Crippen molar-refractivity contribution < 1.29 is 0 Å². The quantitative estimate of drug-likeness (QED) is 0.508. The van der Waals surface area contributed by atoms with Gasteiger partial charge in [0.25, 0.3) is 0 Å². The van der Waals surface area contributed by atoms with Crippen LogP contribution in [-0.2, 0) is 0 Å². The molecule has 0 spiro atoms. The lowest BCUT2D eigenvalue weighted by molar-refractivity contribution is 1.40. The van der Waals surface area contributed by atoms with Crippen molar-refractivity contribution in [2.24, 2.45) is 0 Å². The minimum atomic E-state index is 0.634. The van der Waals surface area contributed by atoms with Crippen molar-refractivity contribution in [1.82, 2.24) is 4.98 Å². The van der Waals surface area contributed by atoms with Gasteiger partial charge in [-0.15, -0.1) is 0 Å². The molecule has 0 saturated carbocycles. The van der Waals surface area contributed by atoms with Crippen LogP contribution in [0.2, 0.25) is 5.02 Å². The Bertz CT molecular complexity index is 111. The molecule has 0 saturated heterocycles. The summed E-state index contributed by atoms with van der Waals surface area (Å²) >= 11 is 5.37. The third-order valence-electron chi connectivity index (χ3n) is 0.505. The van der Waals surface area contributed by atoms with Gasteiger partial charge in [-0.1, -0.05) is 11.6 Å². The number of hydrogen-bond acceptors (Lipinski definition) is 0. The lowest BCUT2D eigenvalue weighted by Crippen LogP contribution is -1.44. The maximum Gasteiger partial charge on any atom is 0.0824 e. The molecule has 0 unspecified atom stereocenters. The number of rotatable bonds is 0. The van der Waals surface area contributed by atoms with Crippen molar-refractivity contribution >= 4 is 11.6 Å². The van der Waals surface area contributed by atoms with Gasteiger partial charge in [-0.2, -0.15) is 0 Å². The molecule has 0 amide bonds. The van der Waals surface area contributed by atoms with Gasteiger partial charge in [0.05, 0.1) is 11.2 Å². The van der Waals surface area contributed by atoms with Gasteiger partial charge >= 0.3 is 0 Å². The normalized spacial score (nSPS) is 8.83. The Balaban J connectivity index is 3.05. The fraction of sp³-hybridized carbons (Fsp3) is 0. The molecular weight excluding hydrogens is 97.5 g/mol. The first-order chi connectivity index (χ1) is 2.89. The van der Waals surface area contributed by atoms with Gasteiger partial charge in [-0.05, 0) is 6.07 Å². The molecular formula is C4H3ClN. The monoisotopic (exact) mass is 100.0 g/mol. The highest BCUT2D eigenvalue weighted by Gasteiger charge is 1.77. The lowest BCUT2D eigenvalue weighted by atomic mass is 10.7. The first-order valence-electron chi connectivity index (χ1n) is 1.60. The van der Waals surface area contributed by atoms with Gasteiger partial charge < -0.3 is 4.98 Å². The van der Waals surface area contributed by atoms with Gasteiger partial charge in [0.2, 0.25) is 0 Å². The first-order valence-corrected chi connectivity index (χ1v) is 1.98. The van der Waals surface area contributed by atoms with Crippen LogP contribution in [0, 0.1) is 6.20 Å². The predicted molar refractivity (Wildman–Crippen MR) is 24.6 cm³/mol. The number of nitrogens with one attached hydrogen (secondary N) is 1. The molecule has 1 nitrogen and oxygen atoms in total. The van der Waals surface area contributed by atoms with Crippen LogP contribution in [0.25, 0.3) is 0 Å². The van der Waals surface area contributed by atoms with E-state index in [1.165, 1.54) is 0 Å². The van der Waals surface area contributed by atoms with E-state index in [4.69, 9.17) is 11.6 Å². The van der Waals surface area contributed by atoms with E-state index in [9.17, 15) is 0 Å². The Morgan fingerprint density at radius 1 is 1.83 bits per heavy atom. The summed E-state index contributed by atoms with van der Waals surface area (Å²) in [6.45, 7) is 0. The van der Waals surface area contributed by atoms with Crippen LogP contribution in [0.15, 0.2) is 12.3 Å². The zero-order valence-corrected chi connectivity index (χ0v) is 3.79. The number of aromatic nitrogens is 1. The van der Waals surface area contributed by atoms with Gasteiger partial charge in [0, 0.05) is 6.20 Å². The molecule has 0 atom stereocenters. The largest absolute Gasteiger partial charge is 0.359 e. The third kappa shape index (κ3) is 0.546. The van der Waals surface area contributed by atoms with Crippen LogP contribution in [0.1, 0.15) is 0 Å². The standard InChI is InChI=1S/C4H3ClN/c5-4-1-2-6-3-4/h1-2,6H. The van der Waals surface area contributed by atoms with E-state index in [2.05, 4.69) is 11.2 Å². The highest BCUT2D eigenvalue weighted by Crippen LogP contribution is 2.00. The Labute approximate surface area is 40.9 Å². The van der Waals surface area contributed by atoms with E-state index in [-0.39, 0.29) is 0 Å². The summed E-state index contributed by atoms with van der Waals surface area (Å²) in [6, 6.07) is 1.74. The molecule has 1 radical (unpaired) electrons. The summed E-state index contributed by atoms with van der Waals surface area (Å²) in [4.78, 5) is 2.67. The number of halogens is 1. The van der Waals surface area contributed by atoms with Gasteiger partial charge in [0.1, 0.15) is 0 Å². The molecule has 0 aliphatic rings. The zero-order chi connectivity index (χ0) is 4.41. The maximum absolute atomic E-state index is 5.37. The fourth-order valence-corrected chi connectivity index (χ4v) is 0.385. The van der Waals surface area contributed by atoms with E-state index in [0.29, 0.717) is 5.02 Å². The van der Waals surface area contributed by atoms with Crippen molar-refractivity contribution in [3.05, 3.63) is 23.5 Å². The van der Waals surface area contributed by atoms with Gasteiger partial charge in [-0.3, -0.25) is 0 Å². The highest BCUT2D eigenvalue weighted by molar-refractivity contribution is 6.30. The summed E-state index contributed by atoms with van der Waals surface area (Å²) < 4.78 is 0. The minimum Gasteiger partial charge on any atom is -0.359 e. The van der Waals surface area contributed by atoms with E-state index >= 15 is 0 Å². The molecule has 1 N–H and O–H groups in total. The van der Waals surface area contributed by atoms with Crippen molar-refractivity contribution in [3.8, 4) is 0 Å². The van der Waals surface area contributed by atoms with Crippen LogP contribution in [-0.4, -0.2) is 4.98 Å². The molecule has 6 heavy (non-hydrogen) atoms. The molecule has 0 aromatic carbocycles. The Morgan fingerprint density at radius 3 is 2.83 bits per heavy atom. The highest BCUT2D eigenvalue weighted by atomic mass is 35.5. The van der Waals surface area contributed by atoms with Crippen LogP contribution in [0.4, 0.5) is 0 Å². The molecule has 1 rings (SSSR count). The van der Waals surface area contributed by atoms with Crippen LogP contribution in [0.3, 0.4) is 0 Å². The maximum atomic E-state index is 5.37. The number of hydrogen-bond donors (Lipinski definition) is 1. The van der Waals surface area contributed by atoms with Crippen molar-refractivity contribution in [1.29, 1.82) is 0 Å². The van der Waals surface area contributed by atoms with Crippen molar-refractivity contribution in [2.45, 2.75) is 0 Å². The number of H-pyrrole nitrogens is 1. The predicted octanol–water partition coefficient (Wildman–Crippen LogP) is 1.47. The molecule has 1 aromatic heterocycles. The minimum absolute atomic E-state index is 0.634. The van der Waals surface area contributed by atoms with Gasteiger partial charge in [-0.25, -0.2) is 0 Å². The first kappa shape index (κ1) is 3.75. The summed E-state index contributed by atoms with van der Waals surface area (Å²) in [5.41, 5.74) is 0. The summed E-state index contributed by atoms with van der Waals surface area (Å²) in [6.07, 6.45) is 4.36. The van der Waals surface area contributed by atoms with Crippen LogP contribution >= 0.6 is 11.6 Å². The van der Waals surface area contributed by atoms with E-state index in [1.54, 1.807) is 12.3 Å². The summed E-state index contributed by atoms with van der Waals surface area (Å²) in [7, 11) is 0. The Hall–Kier alpha value is -0.430. The fourth-order valence-electron chi connectivity index (χ4n) is 0.267. The lowest BCUT2D eigenvalue weighted by Gasteiger charge is -1.60. The van der Waals surface area contributed by atoms with Crippen LogP contribution < -0.4 is 0 Å². The topological polar surface area (TPSA) is 15.8 Å². The summed E-state index contributed by atoms with van der Waals surface area (Å²) in [5, 5.41) is 0.634.